The highest BCUT2D eigenvalue weighted by atomic mass is 127. The standard InChI is InChI=1S/C14H10ClIN4O/c15-11-4-1-9(2-5-11)8-21-13-6-3-10(7-12(13)16)14-17-19-20-18-14/h1-7H,8H2,(H,17,18,19,20). The number of hydrogen-bond donors (Lipinski definition) is 1. The Hall–Kier alpha value is -1.67. The van der Waals surface area contributed by atoms with Crippen molar-refractivity contribution in [3.05, 3.63) is 56.6 Å². The molecule has 2 aromatic carbocycles. The molecule has 21 heavy (non-hydrogen) atoms. The molecular weight excluding hydrogens is 403 g/mol. The van der Waals surface area contributed by atoms with Gasteiger partial charge in [0.15, 0.2) is 0 Å². The van der Waals surface area contributed by atoms with E-state index in [-0.39, 0.29) is 0 Å². The van der Waals surface area contributed by atoms with Gasteiger partial charge in [0.25, 0.3) is 0 Å². The molecule has 106 valence electrons. The Morgan fingerprint density at radius 2 is 1.95 bits per heavy atom. The van der Waals surface area contributed by atoms with E-state index < -0.39 is 0 Å². The Bertz CT molecular complexity index is 731. The van der Waals surface area contributed by atoms with Crippen LogP contribution in [0.5, 0.6) is 5.75 Å². The number of halogens is 2. The van der Waals surface area contributed by atoms with E-state index in [1.54, 1.807) is 0 Å². The van der Waals surface area contributed by atoms with Gasteiger partial charge in [0.1, 0.15) is 12.4 Å². The fourth-order valence-corrected chi connectivity index (χ4v) is 2.58. The lowest BCUT2D eigenvalue weighted by atomic mass is 10.2. The van der Waals surface area contributed by atoms with E-state index >= 15 is 0 Å². The summed E-state index contributed by atoms with van der Waals surface area (Å²) >= 11 is 8.09. The van der Waals surface area contributed by atoms with E-state index in [0.717, 1.165) is 25.5 Å². The van der Waals surface area contributed by atoms with Crippen molar-refractivity contribution < 1.29 is 4.74 Å². The molecule has 0 unspecified atom stereocenters. The van der Waals surface area contributed by atoms with E-state index in [1.165, 1.54) is 0 Å². The van der Waals surface area contributed by atoms with Gasteiger partial charge in [-0.05, 0) is 63.7 Å². The van der Waals surface area contributed by atoms with Gasteiger partial charge in [-0.2, -0.15) is 5.21 Å². The fraction of sp³-hybridized carbons (Fsp3) is 0.0714. The van der Waals surface area contributed by atoms with E-state index in [1.807, 2.05) is 42.5 Å². The van der Waals surface area contributed by atoms with Crippen LogP contribution in [0.25, 0.3) is 11.4 Å². The largest absolute Gasteiger partial charge is 0.488 e. The third-order valence-electron chi connectivity index (χ3n) is 2.84. The van der Waals surface area contributed by atoms with E-state index in [4.69, 9.17) is 16.3 Å². The molecule has 1 heterocycles. The van der Waals surface area contributed by atoms with Gasteiger partial charge in [0.05, 0.1) is 3.57 Å². The third kappa shape index (κ3) is 3.51. The molecule has 0 saturated carbocycles. The molecule has 0 aliphatic heterocycles. The van der Waals surface area contributed by atoms with Gasteiger partial charge in [-0.25, -0.2) is 0 Å². The lowest BCUT2D eigenvalue weighted by Gasteiger charge is -2.09. The minimum Gasteiger partial charge on any atom is -0.488 e. The summed E-state index contributed by atoms with van der Waals surface area (Å²) in [4.78, 5) is 0. The second kappa shape index (κ2) is 6.40. The molecule has 3 aromatic rings. The van der Waals surface area contributed by atoms with Crippen LogP contribution in [0, 0.1) is 3.57 Å². The van der Waals surface area contributed by atoms with Crippen LogP contribution >= 0.6 is 34.2 Å². The Balaban J connectivity index is 1.73. The van der Waals surface area contributed by atoms with Gasteiger partial charge in [-0.15, -0.1) is 10.2 Å². The van der Waals surface area contributed by atoms with Crippen molar-refractivity contribution in [2.45, 2.75) is 6.61 Å². The van der Waals surface area contributed by atoms with Crippen LogP contribution in [0.1, 0.15) is 5.56 Å². The number of benzene rings is 2. The number of ether oxygens (including phenoxy) is 1. The van der Waals surface area contributed by atoms with E-state index in [0.29, 0.717) is 12.4 Å². The predicted molar refractivity (Wildman–Crippen MR) is 88.1 cm³/mol. The van der Waals surface area contributed by atoms with Crippen molar-refractivity contribution in [3.63, 3.8) is 0 Å². The second-order valence-electron chi connectivity index (χ2n) is 4.30. The number of aromatic nitrogens is 4. The molecule has 0 saturated heterocycles. The quantitative estimate of drug-likeness (QED) is 0.664. The molecule has 5 nitrogen and oxygen atoms in total. The molecule has 0 amide bonds. The van der Waals surface area contributed by atoms with Gasteiger partial charge in [0, 0.05) is 10.6 Å². The van der Waals surface area contributed by atoms with Gasteiger partial charge < -0.3 is 4.74 Å². The zero-order valence-electron chi connectivity index (χ0n) is 10.8. The maximum atomic E-state index is 5.86. The lowest BCUT2D eigenvalue weighted by Crippen LogP contribution is -1.97. The van der Waals surface area contributed by atoms with Crippen molar-refractivity contribution in [2.75, 3.05) is 0 Å². The summed E-state index contributed by atoms with van der Waals surface area (Å²) in [6.45, 7) is 0.495. The van der Waals surface area contributed by atoms with Crippen LogP contribution in [0.3, 0.4) is 0 Å². The molecule has 7 heteroatoms. The summed E-state index contributed by atoms with van der Waals surface area (Å²) in [6.07, 6.45) is 0. The van der Waals surface area contributed by atoms with Crippen molar-refractivity contribution in [3.8, 4) is 17.1 Å². The molecule has 0 bridgehead atoms. The minimum atomic E-state index is 0.495. The first-order chi connectivity index (χ1) is 10.2. The van der Waals surface area contributed by atoms with Crippen LogP contribution in [-0.4, -0.2) is 20.6 Å². The molecular formula is C14H10ClIN4O. The predicted octanol–water partition coefficient (Wildman–Crippen LogP) is 3.70. The number of aromatic amines is 1. The molecule has 0 atom stereocenters. The zero-order chi connectivity index (χ0) is 14.7. The first-order valence-electron chi connectivity index (χ1n) is 6.13. The molecule has 0 fully saturated rings. The molecule has 0 spiro atoms. The van der Waals surface area contributed by atoms with Crippen molar-refractivity contribution in [2.24, 2.45) is 0 Å². The van der Waals surface area contributed by atoms with E-state index in [9.17, 15) is 0 Å². The number of rotatable bonds is 4. The van der Waals surface area contributed by atoms with Crippen LogP contribution in [0.15, 0.2) is 42.5 Å². The Kier molecular flexibility index (Phi) is 4.35. The van der Waals surface area contributed by atoms with Crippen LogP contribution < -0.4 is 4.74 Å². The number of nitrogens with zero attached hydrogens (tertiary/aromatic N) is 3. The topological polar surface area (TPSA) is 63.7 Å². The minimum absolute atomic E-state index is 0.495. The maximum Gasteiger partial charge on any atom is 0.204 e. The summed E-state index contributed by atoms with van der Waals surface area (Å²) in [5, 5.41) is 14.6. The molecule has 1 aromatic heterocycles. The molecule has 1 N–H and O–H groups in total. The summed E-state index contributed by atoms with van der Waals surface area (Å²) in [5.74, 6) is 1.38. The molecule has 0 radical (unpaired) electrons. The summed E-state index contributed by atoms with van der Waals surface area (Å²) in [5.41, 5.74) is 1.96. The summed E-state index contributed by atoms with van der Waals surface area (Å²) in [6, 6.07) is 13.4. The Morgan fingerprint density at radius 1 is 1.14 bits per heavy atom. The monoisotopic (exact) mass is 412 g/mol. The SMILES string of the molecule is Clc1ccc(COc2ccc(-c3nn[nH]n3)cc2I)cc1. The van der Waals surface area contributed by atoms with Crippen molar-refractivity contribution in [1.82, 2.24) is 20.6 Å². The van der Waals surface area contributed by atoms with Crippen molar-refractivity contribution >= 4 is 34.2 Å². The van der Waals surface area contributed by atoms with Crippen molar-refractivity contribution in [1.29, 1.82) is 0 Å². The smallest absolute Gasteiger partial charge is 0.204 e. The summed E-state index contributed by atoms with van der Waals surface area (Å²) in [7, 11) is 0. The third-order valence-corrected chi connectivity index (χ3v) is 3.94. The molecule has 0 aliphatic carbocycles. The van der Waals surface area contributed by atoms with Gasteiger partial charge in [-0.1, -0.05) is 23.7 Å². The number of tetrazole rings is 1. The number of H-pyrrole nitrogens is 1. The van der Waals surface area contributed by atoms with Crippen LogP contribution in [0.2, 0.25) is 5.02 Å². The molecule has 0 aliphatic rings. The Labute approximate surface area is 139 Å². The highest BCUT2D eigenvalue weighted by molar-refractivity contribution is 14.1. The lowest BCUT2D eigenvalue weighted by molar-refractivity contribution is 0.304. The second-order valence-corrected chi connectivity index (χ2v) is 5.89. The van der Waals surface area contributed by atoms with Gasteiger partial charge in [-0.3, -0.25) is 0 Å². The first kappa shape index (κ1) is 14.3. The van der Waals surface area contributed by atoms with Crippen LogP contribution in [0.4, 0.5) is 0 Å². The number of hydrogen-bond acceptors (Lipinski definition) is 4. The van der Waals surface area contributed by atoms with Gasteiger partial charge >= 0.3 is 0 Å². The average molecular weight is 413 g/mol. The zero-order valence-corrected chi connectivity index (χ0v) is 13.7. The van der Waals surface area contributed by atoms with Gasteiger partial charge in [0.2, 0.25) is 5.82 Å². The highest BCUT2D eigenvalue weighted by Crippen LogP contribution is 2.26. The molecule has 3 rings (SSSR count). The van der Waals surface area contributed by atoms with Crippen LogP contribution in [-0.2, 0) is 6.61 Å². The fourth-order valence-electron chi connectivity index (χ4n) is 1.78. The maximum absolute atomic E-state index is 5.86. The normalized spacial score (nSPS) is 10.6. The first-order valence-corrected chi connectivity index (χ1v) is 7.58. The summed E-state index contributed by atoms with van der Waals surface area (Å²) < 4.78 is 6.81. The average Bonchev–Trinajstić information content (AvgIpc) is 3.02. The number of nitrogens with one attached hydrogen (secondary N) is 1. The highest BCUT2D eigenvalue weighted by Gasteiger charge is 2.07. The van der Waals surface area contributed by atoms with E-state index in [2.05, 4.69) is 43.2 Å². The Morgan fingerprint density at radius 3 is 2.62 bits per heavy atom.